The van der Waals surface area contributed by atoms with Gasteiger partial charge in [0.1, 0.15) is 5.75 Å². The molecule has 4 aromatic rings. The monoisotopic (exact) mass is 340 g/mol. The van der Waals surface area contributed by atoms with E-state index in [-0.39, 0.29) is 0 Å². The van der Waals surface area contributed by atoms with Gasteiger partial charge in [0, 0.05) is 22.3 Å². The Morgan fingerprint density at radius 2 is 1.35 bits per heavy atom. The van der Waals surface area contributed by atoms with Gasteiger partial charge in [-0.3, -0.25) is 4.68 Å². The Bertz CT molecular complexity index is 1020. The van der Waals surface area contributed by atoms with Gasteiger partial charge in [-0.2, -0.15) is 5.10 Å². The van der Waals surface area contributed by atoms with Crippen molar-refractivity contribution in [2.75, 3.05) is 0 Å². The van der Waals surface area contributed by atoms with Crippen LogP contribution in [0.3, 0.4) is 0 Å². The van der Waals surface area contributed by atoms with E-state index in [1.54, 1.807) is 6.07 Å². The zero-order valence-electron chi connectivity index (χ0n) is 14.6. The molecule has 3 nitrogen and oxygen atoms in total. The summed E-state index contributed by atoms with van der Waals surface area (Å²) in [4.78, 5) is 0. The summed E-state index contributed by atoms with van der Waals surface area (Å²) in [5.74, 6) is 0.293. The van der Waals surface area contributed by atoms with E-state index >= 15 is 0 Å². The van der Waals surface area contributed by atoms with Crippen molar-refractivity contribution >= 4 is 0 Å². The summed E-state index contributed by atoms with van der Waals surface area (Å²) in [6.07, 6.45) is 0. The lowest BCUT2D eigenvalue weighted by molar-refractivity contribution is 0.464. The summed E-state index contributed by atoms with van der Waals surface area (Å²) >= 11 is 0. The standard InChI is InChI=1S/C23H20N2O/c1-17-22(18-10-4-2-5-11-18)24-25(16-20-14-8-9-15-21(20)26)23(17)19-12-6-3-7-13-19/h2-15,26H,16H2,1H3. The fraction of sp³-hybridized carbons (Fsp3) is 0.0870. The minimum atomic E-state index is 0.293. The molecular formula is C23H20N2O. The van der Waals surface area contributed by atoms with Crippen molar-refractivity contribution in [3.05, 3.63) is 96.1 Å². The van der Waals surface area contributed by atoms with Gasteiger partial charge < -0.3 is 5.11 Å². The van der Waals surface area contributed by atoms with Crippen molar-refractivity contribution in [2.45, 2.75) is 13.5 Å². The Morgan fingerprint density at radius 1 is 0.769 bits per heavy atom. The molecule has 128 valence electrons. The first-order chi connectivity index (χ1) is 12.7. The molecule has 1 heterocycles. The number of para-hydroxylation sites is 1. The first-order valence-corrected chi connectivity index (χ1v) is 8.69. The summed E-state index contributed by atoms with van der Waals surface area (Å²) in [6, 6.07) is 27.9. The van der Waals surface area contributed by atoms with Crippen LogP contribution in [0, 0.1) is 6.92 Å². The highest BCUT2D eigenvalue weighted by atomic mass is 16.3. The summed E-state index contributed by atoms with van der Waals surface area (Å²) in [6.45, 7) is 2.63. The maximum atomic E-state index is 10.2. The summed E-state index contributed by atoms with van der Waals surface area (Å²) < 4.78 is 1.99. The molecule has 0 spiro atoms. The van der Waals surface area contributed by atoms with Gasteiger partial charge in [0.15, 0.2) is 0 Å². The predicted octanol–water partition coefficient (Wildman–Crippen LogP) is 5.28. The number of aromatic nitrogens is 2. The van der Waals surface area contributed by atoms with Crippen LogP contribution in [0.4, 0.5) is 0 Å². The van der Waals surface area contributed by atoms with Gasteiger partial charge in [0.2, 0.25) is 0 Å². The van der Waals surface area contributed by atoms with E-state index < -0.39 is 0 Å². The molecule has 0 saturated heterocycles. The Balaban J connectivity index is 1.88. The second-order valence-electron chi connectivity index (χ2n) is 6.34. The van der Waals surface area contributed by atoms with E-state index in [2.05, 4.69) is 31.2 Å². The maximum absolute atomic E-state index is 10.2. The van der Waals surface area contributed by atoms with Crippen molar-refractivity contribution in [3.8, 4) is 28.3 Å². The van der Waals surface area contributed by atoms with Gasteiger partial charge in [-0.05, 0) is 13.0 Å². The number of aromatic hydroxyl groups is 1. The van der Waals surface area contributed by atoms with Gasteiger partial charge in [-0.25, -0.2) is 0 Å². The van der Waals surface area contributed by atoms with E-state index in [4.69, 9.17) is 5.10 Å². The number of phenolic OH excluding ortho intramolecular Hbond substituents is 1. The number of rotatable bonds is 4. The first-order valence-electron chi connectivity index (χ1n) is 8.69. The van der Waals surface area contributed by atoms with Crippen LogP contribution in [0.15, 0.2) is 84.9 Å². The van der Waals surface area contributed by atoms with Crippen LogP contribution in [-0.2, 0) is 6.54 Å². The average molecular weight is 340 g/mol. The second-order valence-corrected chi connectivity index (χ2v) is 6.34. The quantitative estimate of drug-likeness (QED) is 0.549. The number of hydrogen-bond acceptors (Lipinski definition) is 2. The minimum absolute atomic E-state index is 0.293. The van der Waals surface area contributed by atoms with Crippen LogP contribution in [0.25, 0.3) is 22.5 Å². The van der Waals surface area contributed by atoms with E-state index in [1.165, 1.54) is 0 Å². The SMILES string of the molecule is Cc1c(-c2ccccc2)nn(Cc2ccccc2O)c1-c1ccccc1. The number of nitrogens with zero attached hydrogens (tertiary/aromatic N) is 2. The summed E-state index contributed by atoms with van der Waals surface area (Å²) in [5, 5.41) is 15.1. The molecule has 26 heavy (non-hydrogen) atoms. The largest absolute Gasteiger partial charge is 0.508 e. The Hall–Kier alpha value is -3.33. The number of phenols is 1. The highest BCUT2D eigenvalue weighted by Crippen LogP contribution is 2.32. The van der Waals surface area contributed by atoms with Gasteiger partial charge in [0.05, 0.1) is 17.9 Å². The first kappa shape index (κ1) is 16.2. The van der Waals surface area contributed by atoms with Crippen molar-refractivity contribution < 1.29 is 5.11 Å². The van der Waals surface area contributed by atoms with Crippen LogP contribution < -0.4 is 0 Å². The average Bonchev–Trinajstić information content (AvgIpc) is 3.01. The lowest BCUT2D eigenvalue weighted by Crippen LogP contribution is -2.04. The van der Waals surface area contributed by atoms with Crippen molar-refractivity contribution in [3.63, 3.8) is 0 Å². The molecule has 0 unspecified atom stereocenters. The van der Waals surface area contributed by atoms with Crippen LogP contribution >= 0.6 is 0 Å². The summed E-state index contributed by atoms with van der Waals surface area (Å²) in [5.41, 5.74) is 6.26. The lowest BCUT2D eigenvalue weighted by atomic mass is 10.0. The fourth-order valence-corrected chi connectivity index (χ4v) is 3.30. The maximum Gasteiger partial charge on any atom is 0.120 e. The molecule has 0 aliphatic heterocycles. The highest BCUT2D eigenvalue weighted by Gasteiger charge is 2.18. The molecular weight excluding hydrogens is 320 g/mol. The molecule has 0 aliphatic carbocycles. The normalized spacial score (nSPS) is 10.8. The van der Waals surface area contributed by atoms with Crippen LogP contribution in [0.1, 0.15) is 11.1 Å². The number of hydrogen-bond donors (Lipinski definition) is 1. The van der Waals surface area contributed by atoms with Gasteiger partial charge >= 0.3 is 0 Å². The van der Waals surface area contributed by atoms with Gasteiger partial charge in [0.25, 0.3) is 0 Å². The van der Waals surface area contributed by atoms with E-state index in [1.807, 2.05) is 59.3 Å². The lowest BCUT2D eigenvalue weighted by Gasteiger charge is -2.10. The molecule has 0 atom stereocenters. The van der Waals surface area contributed by atoms with Crippen LogP contribution in [0.2, 0.25) is 0 Å². The molecule has 1 aromatic heterocycles. The van der Waals surface area contributed by atoms with E-state index in [9.17, 15) is 5.11 Å². The van der Waals surface area contributed by atoms with Gasteiger partial charge in [-0.15, -0.1) is 0 Å². The van der Waals surface area contributed by atoms with Crippen molar-refractivity contribution in [1.82, 2.24) is 9.78 Å². The Kier molecular flexibility index (Phi) is 4.28. The molecule has 1 N–H and O–H groups in total. The van der Waals surface area contributed by atoms with Crippen molar-refractivity contribution in [2.24, 2.45) is 0 Å². The second kappa shape index (κ2) is 6.89. The van der Waals surface area contributed by atoms with E-state index in [0.29, 0.717) is 12.3 Å². The molecule has 0 fully saturated rings. The Morgan fingerprint density at radius 3 is 2.00 bits per heavy atom. The third-order valence-electron chi connectivity index (χ3n) is 4.60. The highest BCUT2D eigenvalue weighted by molar-refractivity contribution is 5.74. The minimum Gasteiger partial charge on any atom is -0.508 e. The topological polar surface area (TPSA) is 38.0 Å². The van der Waals surface area contributed by atoms with E-state index in [0.717, 1.165) is 33.6 Å². The predicted molar refractivity (Wildman–Crippen MR) is 105 cm³/mol. The summed E-state index contributed by atoms with van der Waals surface area (Å²) in [7, 11) is 0. The molecule has 0 radical (unpaired) electrons. The zero-order valence-corrected chi connectivity index (χ0v) is 14.6. The third kappa shape index (κ3) is 3.00. The molecule has 0 aliphatic rings. The zero-order chi connectivity index (χ0) is 17.9. The molecule has 0 amide bonds. The fourth-order valence-electron chi connectivity index (χ4n) is 3.30. The van der Waals surface area contributed by atoms with Gasteiger partial charge in [-0.1, -0.05) is 78.9 Å². The molecule has 3 aromatic carbocycles. The molecule has 0 saturated carbocycles. The smallest absolute Gasteiger partial charge is 0.120 e. The van der Waals surface area contributed by atoms with Crippen LogP contribution in [0.5, 0.6) is 5.75 Å². The van der Waals surface area contributed by atoms with Crippen LogP contribution in [-0.4, -0.2) is 14.9 Å². The number of benzene rings is 3. The molecule has 4 rings (SSSR count). The molecule has 3 heteroatoms. The Labute approximate surface area is 153 Å². The third-order valence-corrected chi connectivity index (χ3v) is 4.60. The van der Waals surface area contributed by atoms with Crippen molar-refractivity contribution in [1.29, 1.82) is 0 Å². The molecule has 0 bridgehead atoms.